The van der Waals surface area contributed by atoms with Gasteiger partial charge in [0, 0.05) is 11.2 Å². The minimum Gasteiger partial charge on any atom is -0.508 e. The van der Waals surface area contributed by atoms with Crippen molar-refractivity contribution >= 4 is 11.8 Å². The minimum absolute atomic E-state index is 0.0823. The zero-order chi connectivity index (χ0) is 19.8. The maximum absolute atomic E-state index is 11.7. The molecule has 0 aromatic heterocycles. The van der Waals surface area contributed by atoms with Gasteiger partial charge in [-0.3, -0.25) is 0 Å². The van der Waals surface area contributed by atoms with Gasteiger partial charge in [-0.1, -0.05) is 39.2 Å². The predicted molar refractivity (Wildman–Crippen MR) is 119 cm³/mol. The quantitative estimate of drug-likeness (QED) is 0.526. The molecule has 3 aliphatic rings. The van der Waals surface area contributed by atoms with E-state index in [9.17, 15) is 10.2 Å². The van der Waals surface area contributed by atoms with Crippen molar-refractivity contribution in [3.63, 3.8) is 0 Å². The summed E-state index contributed by atoms with van der Waals surface area (Å²) >= 11 is 2.00. The molecule has 1 aromatic carbocycles. The van der Waals surface area contributed by atoms with E-state index in [-0.39, 0.29) is 5.41 Å². The first-order chi connectivity index (χ1) is 13.5. The van der Waals surface area contributed by atoms with E-state index in [2.05, 4.69) is 19.9 Å². The Hall–Kier alpha value is -0.670. The molecule has 0 aliphatic heterocycles. The van der Waals surface area contributed by atoms with E-state index in [0.29, 0.717) is 23.5 Å². The second kappa shape index (κ2) is 8.22. The van der Waals surface area contributed by atoms with Crippen LogP contribution in [0.4, 0.5) is 0 Å². The number of aromatic hydroxyl groups is 1. The van der Waals surface area contributed by atoms with E-state index in [1.807, 2.05) is 23.9 Å². The summed E-state index contributed by atoms with van der Waals surface area (Å²) in [5.74, 6) is 4.52. The molecule has 156 valence electrons. The summed E-state index contributed by atoms with van der Waals surface area (Å²) in [6.07, 6.45) is 12.1. The van der Waals surface area contributed by atoms with Gasteiger partial charge in [-0.05, 0) is 91.7 Å². The topological polar surface area (TPSA) is 40.5 Å². The van der Waals surface area contributed by atoms with Crippen LogP contribution in [-0.2, 0) is 6.42 Å². The second-order valence-corrected chi connectivity index (χ2v) is 11.0. The van der Waals surface area contributed by atoms with Crippen LogP contribution < -0.4 is 0 Å². The fourth-order valence-electron chi connectivity index (χ4n) is 6.79. The molecule has 5 atom stereocenters. The summed E-state index contributed by atoms with van der Waals surface area (Å²) in [6, 6.07) is 6.03. The number of fused-ring (bicyclic) bond motifs is 5. The summed E-state index contributed by atoms with van der Waals surface area (Å²) in [4.78, 5) is 0. The highest BCUT2D eigenvalue weighted by Crippen LogP contribution is 2.64. The molecule has 0 heterocycles. The van der Waals surface area contributed by atoms with Gasteiger partial charge in [0.1, 0.15) is 5.75 Å². The summed E-state index contributed by atoms with van der Waals surface area (Å²) in [7, 11) is 0. The zero-order valence-corrected chi connectivity index (χ0v) is 18.6. The SMILES string of the molecule is CCCCCCSC[C@]1(O)CC[C@H]2[C@@H]3CCc4cc(O)ccc4[C@H]3CC[C@@]21C. The fraction of sp³-hybridized carbons (Fsp3) is 0.760. The van der Waals surface area contributed by atoms with Gasteiger partial charge in [0.2, 0.25) is 0 Å². The van der Waals surface area contributed by atoms with E-state index in [0.717, 1.165) is 25.0 Å². The van der Waals surface area contributed by atoms with Crippen molar-refractivity contribution in [2.24, 2.45) is 17.3 Å². The molecule has 2 fully saturated rings. The van der Waals surface area contributed by atoms with E-state index < -0.39 is 5.60 Å². The standard InChI is InChI=1S/C25H38O2S/c1-3-4-5-6-15-28-17-25(27)14-12-23-22-9-7-18-16-19(26)8-10-20(18)21(22)11-13-24(23,25)2/h8,10,16,21-23,26-27H,3-7,9,11-15,17H2,1-2H3/t21-,22-,23+,24+,25-/m1/s1. The molecule has 0 spiro atoms. The number of phenols is 1. The molecule has 0 unspecified atom stereocenters. The number of unbranched alkanes of at least 4 members (excludes halogenated alkanes) is 3. The zero-order valence-electron chi connectivity index (χ0n) is 17.8. The van der Waals surface area contributed by atoms with Gasteiger partial charge in [-0.25, -0.2) is 0 Å². The number of aliphatic hydroxyl groups is 1. The maximum Gasteiger partial charge on any atom is 0.115 e. The Bertz CT molecular complexity index is 689. The molecule has 2 saturated carbocycles. The normalized spacial score (nSPS) is 36.6. The molecule has 2 N–H and O–H groups in total. The Morgan fingerprint density at radius 3 is 2.79 bits per heavy atom. The lowest BCUT2D eigenvalue weighted by atomic mass is 9.53. The first kappa shape index (κ1) is 20.6. The van der Waals surface area contributed by atoms with Crippen molar-refractivity contribution in [1.82, 2.24) is 0 Å². The van der Waals surface area contributed by atoms with Gasteiger partial charge in [-0.2, -0.15) is 11.8 Å². The van der Waals surface area contributed by atoms with Crippen LogP contribution in [0.3, 0.4) is 0 Å². The van der Waals surface area contributed by atoms with Crippen molar-refractivity contribution in [2.45, 2.75) is 89.6 Å². The van der Waals surface area contributed by atoms with Gasteiger partial charge >= 0.3 is 0 Å². The smallest absolute Gasteiger partial charge is 0.115 e. The van der Waals surface area contributed by atoms with Crippen molar-refractivity contribution in [1.29, 1.82) is 0 Å². The highest BCUT2D eigenvalue weighted by atomic mass is 32.2. The van der Waals surface area contributed by atoms with Crippen molar-refractivity contribution in [3.8, 4) is 5.75 Å². The monoisotopic (exact) mass is 402 g/mol. The molecule has 0 saturated heterocycles. The number of rotatable bonds is 7. The van der Waals surface area contributed by atoms with Crippen LogP contribution in [0, 0.1) is 17.3 Å². The molecular formula is C25H38O2S. The first-order valence-electron chi connectivity index (χ1n) is 11.6. The number of benzene rings is 1. The molecule has 2 nitrogen and oxygen atoms in total. The molecule has 28 heavy (non-hydrogen) atoms. The first-order valence-corrected chi connectivity index (χ1v) is 12.8. The van der Waals surface area contributed by atoms with E-state index in [4.69, 9.17) is 0 Å². The third-order valence-electron chi connectivity index (χ3n) is 8.51. The number of thioether (sulfide) groups is 1. The van der Waals surface area contributed by atoms with Gasteiger partial charge in [0.05, 0.1) is 5.60 Å². The average molecular weight is 403 g/mol. The van der Waals surface area contributed by atoms with E-state index in [1.165, 1.54) is 61.8 Å². The molecular weight excluding hydrogens is 364 g/mol. The van der Waals surface area contributed by atoms with Crippen LogP contribution in [0.5, 0.6) is 5.75 Å². The largest absolute Gasteiger partial charge is 0.508 e. The fourth-order valence-corrected chi connectivity index (χ4v) is 8.15. The number of hydrogen-bond acceptors (Lipinski definition) is 3. The summed E-state index contributed by atoms with van der Waals surface area (Å²) < 4.78 is 0. The summed E-state index contributed by atoms with van der Waals surface area (Å²) in [5, 5.41) is 21.6. The van der Waals surface area contributed by atoms with E-state index in [1.54, 1.807) is 0 Å². The third-order valence-corrected chi connectivity index (χ3v) is 9.77. The van der Waals surface area contributed by atoms with Crippen molar-refractivity contribution in [2.75, 3.05) is 11.5 Å². The summed E-state index contributed by atoms with van der Waals surface area (Å²) in [5.41, 5.74) is 2.45. The van der Waals surface area contributed by atoms with Crippen LogP contribution in [0.2, 0.25) is 0 Å². The van der Waals surface area contributed by atoms with E-state index >= 15 is 0 Å². The Morgan fingerprint density at radius 1 is 1.11 bits per heavy atom. The Kier molecular flexibility index (Phi) is 6.05. The van der Waals surface area contributed by atoms with Gasteiger partial charge in [0.25, 0.3) is 0 Å². The second-order valence-electron chi connectivity index (χ2n) is 9.94. The Balaban J connectivity index is 1.44. The number of hydrogen-bond donors (Lipinski definition) is 2. The molecule has 0 bridgehead atoms. The third kappa shape index (κ3) is 3.51. The average Bonchev–Trinajstić information content (AvgIpc) is 2.95. The predicted octanol–water partition coefficient (Wildman–Crippen LogP) is 6.29. The van der Waals surface area contributed by atoms with Crippen LogP contribution in [-0.4, -0.2) is 27.3 Å². The van der Waals surface area contributed by atoms with Crippen LogP contribution in [0.15, 0.2) is 18.2 Å². The van der Waals surface area contributed by atoms with Crippen molar-refractivity contribution < 1.29 is 10.2 Å². The molecule has 1 aromatic rings. The number of aryl methyl sites for hydroxylation is 1. The van der Waals surface area contributed by atoms with Crippen molar-refractivity contribution in [3.05, 3.63) is 29.3 Å². The molecule has 0 radical (unpaired) electrons. The highest BCUT2D eigenvalue weighted by molar-refractivity contribution is 7.99. The van der Waals surface area contributed by atoms with Gasteiger partial charge < -0.3 is 10.2 Å². The van der Waals surface area contributed by atoms with Gasteiger partial charge in [-0.15, -0.1) is 0 Å². The Labute approximate surface area is 175 Å². The summed E-state index contributed by atoms with van der Waals surface area (Å²) in [6.45, 7) is 4.67. The number of phenolic OH excluding ortho intramolecular Hbond substituents is 1. The highest BCUT2D eigenvalue weighted by Gasteiger charge is 2.61. The molecule has 3 heteroatoms. The molecule has 3 aliphatic carbocycles. The lowest BCUT2D eigenvalue weighted by Gasteiger charge is -2.53. The minimum atomic E-state index is -0.479. The lowest BCUT2D eigenvalue weighted by Crippen LogP contribution is -2.52. The van der Waals surface area contributed by atoms with Crippen LogP contribution in [0.25, 0.3) is 0 Å². The molecule has 0 amide bonds. The van der Waals surface area contributed by atoms with Crippen LogP contribution in [0.1, 0.15) is 88.7 Å². The van der Waals surface area contributed by atoms with Gasteiger partial charge in [0.15, 0.2) is 0 Å². The van der Waals surface area contributed by atoms with Crippen LogP contribution >= 0.6 is 11.8 Å². The maximum atomic E-state index is 11.7. The Morgan fingerprint density at radius 2 is 1.96 bits per heavy atom. The lowest BCUT2D eigenvalue weighted by molar-refractivity contribution is -0.0868. The molecule has 4 rings (SSSR count).